The van der Waals surface area contributed by atoms with E-state index in [4.69, 9.17) is 9.47 Å². The Labute approximate surface area is 214 Å². The van der Waals surface area contributed by atoms with Crippen LogP contribution in [-0.4, -0.2) is 41.8 Å². The highest BCUT2D eigenvalue weighted by atomic mass is 16.5. The fourth-order valence-electron chi connectivity index (χ4n) is 3.70. The Kier molecular flexibility index (Phi) is 8.78. The molecule has 3 aromatic rings. The van der Waals surface area contributed by atoms with Gasteiger partial charge in [0.15, 0.2) is 17.3 Å². The summed E-state index contributed by atoms with van der Waals surface area (Å²) in [5, 5.41) is 19.4. The molecule has 3 aromatic carbocycles. The number of phenols is 2. The summed E-state index contributed by atoms with van der Waals surface area (Å²) in [6.45, 7) is 3.75. The number of para-hydroxylation sites is 1. The molecule has 0 fully saturated rings. The van der Waals surface area contributed by atoms with Crippen LogP contribution >= 0.6 is 0 Å². The summed E-state index contributed by atoms with van der Waals surface area (Å²) in [5.41, 5.74) is 1.63. The van der Waals surface area contributed by atoms with Crippen molar-refractivity contribution in [2.45, 2.75) is 5.92 Å². The zero-order valence-corrected chi connectivity index (χ0v) is 20.4. The number of rotatable bonds is 7. The molecule has 2 N–H and O–H groups in total. The average Bonchev–Trinajstić information content (AvgIpc) is 2.91. The van der Waals surface area contributed by atoms with Crippen molar-refractivity contribution < 1.29 is 34.1 Å². The molecular formula is C30H26O7. The van der Waals surface area contributed by atoms with Gasteiger partial charge < -0.3 is 19.7 Å². The summed E-state index contributed by atoms with van der Waals surface area (Å²) in [6, 6.07) is 20.1. The number of ketones is 3. The van der Waals surface area contributed by atoms with Crippen molar-refractivity contribution in [1.82, 2.24) is 0 Å². The van der Waals surface area contributed by atoms with Crippen molar-refractivity contribution in [1.29, 1.82) is 0 Å². The van der Waals surface area contributed by atoms with Gasteiger partial charge in [0.05, 0.1) is 25.3 Å². The van der Waals surface area contributed by atoms with E-state index in [0.29, 0.717) is 11.3 Å². The number of methoxy groups -OCH3 is 2. The molecule has 1 aliphatic carbocycles. The van der Waals surface area contributed by atoms with Gasteiger partial charge in [0.2, 0.25) is 5.78 Å². The minimum Gasteiger partial charge on any atom is -0.507 e. The first-order valence-corrected chi connectivity index (χ1v) is 11.2. The summed E-state index contributed by atoms with van der Waals surface area (Å²) < 4.78 is 9.80. The van der Waals surface area contributed by atoms with Crippen molar-refractivity contribution in [3.63, 3.8) is 0 Å². The van der Waals surface area contributed by atoms with Crippen LogP contribution in [0.2, 0.25) is 0 Å². The second kappa shape index (κ2) is 12.2. The van der Waals surface area contributed by atoms with Crippen molar-refractivity contribution in [2.24, 2.45) is 0 Å². The maximum absolute atomic E-state index is 12.1. The second-order valence-electron chi connectivity index (χ2n) is 7.89. The molecule has 1 unspecified atom stereocenters. The van der Waals surface area contributed by atoms with Gasteiger partial charge in [-0.1, -0.05) is 48.5 Å². The van der Waals surface area contributed by atoms with E-state index in [9.17, 15) is 24.6 Å². The van der Waals surface area contributed by atoms with Crippen molar-refractivity contribution in [3.05, 3.63) is 126 Å². The summed E-state index contributed by atoms with van der Waals surface area (Å²) in [5.74, 6) is -0.989. The Morgan fingerprint density at radius 1 is 0.811 bits per heavy atom. The Balaban J connectivity index is 0.000000206. The Morgan fingerprint density at radius 3 is 2.05 bits per heavy atom. The smallest absolute Gasteiger partial charge is 0.220 e. The molecule has 0 heterocycles. The molecule has 7 nitrogen and oxygen atoms in total. The Morgan fingerprint density at radius 2 is 1.46 bits per heavy atom. The molecule has 0 aliphatic heterocycles. The van der Waals surface area contributed by atoms with E-state index in [0.717, 1.165) is 5.56 Å². The van der Waals surface area contributed by atoms with E-state index in [1.165, 1.54) is 50.6 Å². The summed E-state index contributed by atoms with van der Waals surface area (Å²) in [6.07, 6.45) is 4.23. The molecule has 0 saturated heterocycles. The van der Waals surface area contributed by atoms with Crippen LogP contribution in [0.25, 0.3) is 0 Å². The number of aromatic hydroxyl groups is 2. The predicted molar refractivity (Wildman–Crippen MR) is 139 cm³/mol. The van der Waals surface area contributed by atoms with Gasteiger partial charge in [-0.3, -0.25) is 14.4 Å². The van der Waals surface area contributed by atoms with E-state index < -0.39 is 5.78 Å². The van der Waals surface area contributed by atoms with Crippen LogP contribution in [0.15, 0.2) is 109 Å². The molecule has 0 saturated carbocycles. The number of carbonyl (C=O) groups is 3. The standard InChI is InChI=1S/C16H14O3.C14H12O4/c1-3-12(11-7-5-4-6-8-11)13-9-15(18)16(19-2)10-14(13)17;1-18-9-6-7-11(13(16)8-9)14(17)10-4-2-3-5-12(10)15/h3-10,12H,1H2,2H3;2-8,15-16H,1H3. The maximum Gasteiger partial charge on any atom is 0.220 e. The van der Waals surface area contributed by atoms with Gasteiger partial charge in [0.1, 0.15) is 17.2 Å². The number of hydrogen-bond acceptors (Lipinski definition) is 7. The van der Waals surface area contributed by atoms with Crippen LogP contribution in [0, 0.1) is 0 Å². The quantitative estimate of drug-likeness (QED) is 0.271. The van der Waals surface area contributed by atoms with E-state index in [2.05, 4.69) is 6.58 Å². The van der Waals surface area contributed by atoms with Crippen LogP contribution in [-0.2, 0) is 14.3 Å². The zero-order chi connectivity index (χ0) is 26.9. The number of ether oxygens (including phenoxy) is 2. The maximum atomic E-state index is 12.1. The van der Waals surface area contributed by atoms with E-state index >= 15 is 0 Å². The molecule has 0 bridgehead atoms. The largest absolute Gasteiger partial charge is 0.507 e. The van der Waals surface area contributed by atoms with Gasteiger partial charge in [0, 0.05) is 23.6 Å². The third kappa shape index (κ3) is 6.21. The highest BCUT2D eigenvalue weighted by Gasteiger charge is 2.26. The summed E-state index contributed by atoms with van der Waals surface area (Å²) in [4.78, 5) is 36.0. The first kappa shape index (κ1) is 26.7. The lowest BCUT2D eigenvalue weighted by molar-refractivity contribution is -0.117. The fraction of sp³-hybridized carbons (Fsp3) is 0.100. The number of hydrogen-bond donors (Lipinski definition) is 2. The number of carbonyl (C=O) groups excluding carboxylic acids is 3. The van der Waals surface area contributed by atoms with Gasteiger partial charge >= 0.3 is 0 Å². The van der Waals surface area contributed by atoms with Crippen molar-refractivity contribution in [3.8, 4) is 17.2 Å². The lowest BCUT2D eigenvalue weighted by Gasteiger charge is -2.18. The van der Waals surface area contributed by atoms with Gasteiger partial charge in [-0.05, 0) is 35.9 Å². The van der Waals surface area contributed by atoms with Crippen LogP contribution in [0.4, 0.5) is 0 Å². The van der Waals surface area contributed by atoms with Gasteiger partial charge in [-0.2, -0.15) is 0 Å². The molecule has 0 spiro atoms. The SMILES string of the molecule is C=CC(C1=CC(=O)C(OC)=CC1=O)c1ccccc1.COc1ccc(C(=O)c2ccccc2O)c(O)c1. The molecule has 0 aromatic heterocycles. The van der Waals surface area contributed by atoms with Gasteiger partial charge in [-0.15, -0.1) is 6.58 Å². The lowest BCUT2D eigenvalue weighted by Crippen LogP contribution is -2.18. The van der Waals surface area contributed by atoms with Crippen LogP contribution in [0.3, 0.4) is 0 Å². The summed E-state index contributed by atoms with van der Waals surface area (Å²) >= 11 is 0. The molecule has 7 heteroatoms. The third-order valence-corrected chi connectivity index (χ3v) is 5.62. The van der Waals surface area contributed by atoms with Crippen LogP contribution in [0.5, 0.6) is 17.2 Å². The molecule has 4 rings (SSSR count). The topological polar surface area (TPSA) is 110 Å². The predicted octanol–water partition coefficient (Wildman–Crippen LogP) is 4.90. The average molecular weight is 499 g/mol. The molecule has 1 aliphatic rings. The minimum absolute atomic E-state index is 0.0737. The first-order chi connectivity index (χ1) is 17.8. The molecule has 1 atom stereocenters. The minimum atomic E-state index is -0.437. The fourth-order valence-corrected chi connectivity index (χ4v) is 3.70. The normalized spacial score (nSPS) is 13.4. The highest BCUT2D eigenvalue weighted by molar-refractivity contribution is 6.19. The lowest BCUT2D eigenvalue weighted by atomic mass is 9.85. The van der Waals surface area contributed by atoms with E-state index in [-0.39, 0.29) is 45.9 Å². The van der Waals surface area contributed by atoms with Crippen molar-refractivity contribution in [2.75, 3.05) is 14.2 Å². The number of phenolic OH excluding ortho intramolecular Hbond substituents is 2. The second-order valence-corrected chi connectivity index (χ2v) is 7.89. The molecule has 37 heavy (non-hydrogen) atoms. The Hall–Kier alpha value is -4.91. The highest BCUT2D eigenvalue weighted by Crippen LogP contribution is 2.30. The molecule has 188 valence electrons. The van der Waals surface area contributed by atoms with Crippen molar-refractivity contribution >= 4 is 17.3 Å². The zero-order valence-electron chi connectivity index (χ0n) is 20.4. The number of allylic oxidation sites excluding steroid dienone is 4. The van der Waals surface area contributed by atoms with Crippen LogP contribution in [0.1, 0.15) is 27.4 Å². The number of benzene rings is 3. The molecule has 0 amide bonds. The van der Waals surface area contributed by atoms with E-state index in [1.54, 1.807) is 24.3 Å². The van der Waals surface area contributed by atoms with Gasteiger partial charge in [0.25, 0.3) is 0 Å². The van der Waals surface area contributed by atoms with E-state index in [1.807, 2.05) is 30.3 Å². The summed E-state index contributed by atoms with van der Waals surface area (Å²) in [7, 11) is 2.84. The molecular weight excluding hydrogens is 472 g/mol. The van der Waals surface area contributed by atoms with Gasteiger partial charge in [-0.25, -0.2) is 0 Å². The first-order valence-electron chi connectivity index (χ1n) is 11.2. The third-order valence-electron chi connectivity index (χ3n) is 5.62. The monoisotopic (exact) mass is 498 g/mol. The molecule has 0 radical (unpaired) electrons. The Bertz CT molecular complexity index is 1380. The van der Waals surface area contributed by atoms with Crippen LogP contribution < -0.4 is 4.74 Å².